The lowest BCUT2D eigenvalue weighted by atomic mass is 10.1. The molecule has 0 fully saturated rings. The normalized spacial score (nSPS) is 10.2. The molecule has 4 nitrogen and oxygen atoms in total. The molecule has 1 N–H and O–H groups in total. The third kappa shape index (κ3) is 3.53. The van der Waals surface area contributed by atoms with Crippen LogP contribution in [0.5, 0.6) is 17.2 Å². The molecule has 0 spiro atoms. The Balaban J connectivity index is 2.84. The van der Waals surface area contributed by atoms with E-state index in [1.165, 1.54) is 0 Å². The molecule has 18 heavy (non-hydrogen) atoms. The second kappa shape index (κ2) is 7.82. The van der Waals surface area contributed by atoms with Gasteiger partial charge in [0.25, 0.3) is 0 Å². The summed E-state index contributed by atoms with van der Waals surface area (Å²) >= 11 is 0. The minimum Gasteiger partial charge on any atom is -0.493 e. The first-order valence-electron chi connectivity index (χ1n) is 6.27. The van der Waals surface area contributed by atoms with Gasteiger partial charge < -0.3 is 19.5 Å². The summed E-state index contributed by atoms with van der Waals surface area (Å²) in [6, 6.07) is 3.93. The van der Waals surface area contributed by atoms with Crippen molar-refractivity contribution in [2.75, 3.05) is 34.4 Å². The first kappa shape index (κ1) is 14.6. The Kier molecular flexibility index (Phi) is 6.36. The zero-order chi connectivity index (χ0) is 13.4. The third-order valence-electron chi connectivity index (χ3n) is 2.78. The Bertz CT molecular complexity index is 366. The van der Waals surface area contributed by atoms with Crippen molar-refractivity contribution < 1.29 is 14.2 Å². The predicted molar refractivity (Wildman–Crippen MR) is 73.0 cm³/mol. The summed E-state index contributed by atoms with van der Waals surface area (Å²) < 4.78 is 16.0. The maximum atomic E-state index is 5.43. The molecule has 102 valence electrons. The van der Waals surface area contributed by atoms with Gasteiger partial charge in [0.15, 0.2) is 11.5 Å². The molecule has 1 aromatic carbocycles. The summed E-state index contributed by atoms with van der Waals surface area (Å²) in [6.45, 7) is 4.12. The molecule has 0 aliphatic heterocycles. The number of benzene rings is 1. The first-order chi connectivity index (χ1) is 8.78. The third-order valence-corrected chi connectivity index (χ3v) is 2.78. The number of nitrogens with one attached hydrogen (secondary N) is 1. The van der Waals surface area contributed by atoms with E-state index in [4.69, 9.17) is 14.2 Å². The molecular weight excluding hydrogens is 230 g/mol. The molecule has 0 unspecified atom stereocenters. The summed E-state index contributed by atoms with van der Waals surface area (Å²) in [7, 11) is 4.90. The lowest BCUT2D eigenvalue weighted by molar-refractivity contribution is 0.322. The number of hydrogen-bond acceptors (Lipinski definition) is 4. The van der Waals surface area contributed by atoms with Crippen LogP contribution < -0.4 is 19.5 Å². The molecular formula is C14H23NO3. The van der Waals surface area contributed by atoms with E-state index >= 15 is 0 Å². The molecule has 4 heteroatoms. The Hall–Kier alpha value is -1.42. The van der Waals surface area contributed by atoms with Gasteiger partial charge in [-0.3, -0.25) is 0 Å². The van der Waals surface area contributed by atoms with E-state index in [1.807, 2.05) is 12.1 Å². The van der Waals surface area contributed by atoms with E-state index in [1.54, 1.807) is 21.3 Å². The van der Waals surface area contributed by atoms with Gasteiger partial charge in [0.05, 0.1) is 21.3 Å². The van der Waals surface area contributed by atoms with Crippen LogP contribution in [0.4, 0.5) is 0 Å². The second-order valence-corrected chi connectivity index (χ2v) is 3.99. The van der Waals surface area contributed by atoms with Crippen molar-refractivity contribution in [1.82, 2.24) is 5.32 Å². The highest BCUT2D eigenvalue weighted by Gasteiger charge is 2.15. The number of methoxy groups -OCH3 is 3. The van der Waals surface area contributed by atoms with Crippen LogP contribution in [0.3, 0.4) is 0 Å². The lowest BCUT2D eigenvalue weighted by Crippen LogP contribution is -2.18. The average Bonchev–Trinajstić information content (AvgIpc) is 2.42. The highest BCUT2D eigenvalue weighted by molar-refractivity contribution is 5.55. The van der Waals surface area contributed by atoms with Crippen LogP contribution in [0, 0.1) is 0 Å². The molecule has 0 saturated carbocycles. The molecule has 1 aromatic rings. The van der Waals surface area contributed by atoms with Crippen molar-refractivity contribution in [2.24, 2.45) is 0 Å². The van der Waals surface area contributed by atoms with Gasteiger partial charge in [-0.05, 0) is 37.6 Å². The molecule has 0 saturated heterocycles. The topological polar surface area (TPSA) is 39.7 Å². The molecule has 0 amide bonds. The van der Waals surface area contributed by atoms with E-state index in [9.17, 15) is 0 Å². The smallest absolute Gasteiger partial charge is 0.203 e. The summed E-state index contributed by atoms with van der Waals surface area (Å²) in [5.74, 6) is 2.11. The number of rotatable bonds is 8. The highest BCUT2D eigenvalue weighted by atomic mass is 16.5. The predicted octanol–water partition coefficient (Wildman–Crippen LogP) is 2.25. The quantitative estimate of drug-likeness (QED) is 0.721. The van der Waals surface area contributed by atoms with Crippen LogP contribution in [-0.2, 0) is 6.42 Å². The van der Waals surface area contributed by atoms with Gasteiger partial charge in [-0.2, -0.15) is 0 Å². The molecule has 1 rings (SSSR count). The Labute approximate surface area is 109 Å². The number of hydrogen-bond donors (Lipinski definition) is 1. The summed E-state index contributed by atoms with van der Waals surface area (Å²) in [4.78, 5) is 0. The fraction of sp³-hybridized carbons (Fsp3) is 0.571. The zero-order valence-corrected chi connectivity index (χ0v) is 11.7. The lowest BCUT2D eigenvalue weighted by Gasteiger charge is -2.15. The minimum atomic E-state index is 0.660. The van der Waals surface area contributed by atoms with Gasteiger partial charge in [-0.15, -0.1) is 0 Å². The molecule has 0 aliphatic carbocycles. The van der Waals surface area contributed by atoms with Crippen molar-refractivity contribution >= 4 is 0 Å². The van der Waals surface area contributed by atoms with Crippen molar-refractivity contribution in [1.29, 1.82) is 0 Å². The van der Waals surface area contributed by atoms with Gasteiger partial charge in [-0.1, -0.05) is 13.0 Å². The van der Waals surface area contributed by atoms with E-state index < -0.39 is 0 Å². The average molecular weight is 253 g/mol. The molecule has 0 bridgehead atoms. The van der Waals surface area contributed by atoms with Crippen LogP contribution in [0.2, 0.25) is 0 Å². The van der Waals surface area contributed by atoms with Crippen molar-refractivity contribution in [2.45, 2.75) is 19.8 Å². The van der Waals surface area contributed by atoms with E-state index in [0.717, 1.165) is 37.2 Å². The van der Waals surface area contributed by atoms with Gasteiger partial charge in [0.1, 0.15) is 0 Å². The second-order valence-electron chi connectivity index (χ2n) is 3.99. The summed E-state index contributed by atoms with van der Waals surface area (Å²) in [6.07, 6.45) is 2.05. The number of ether oxygens (including phenoxy) is 3. The Morgan fingerprint density at radius 3 is 2.22 bits per heavy atom. The van der Waals surface area contributed by atoms with Crippen LogP contribution >= 0.6 is 0 Å². The van der Waals surface area contributed by atoms with Crippen molar-refractivity contribution in [3.05, 3.63) is 17.7 Å². The maximum absolute atomic E-state index is 5.43. The first-order valence-corrected chi connectivity index (χ1v) is 6.27. The fourth-order valence-corrected chi connectivity index (χ4v) is 1.88. The van der Waals surface area contributed by atoms with E-state index in [-0.39, 0.29) is 0 Å². The molecule has 0 aromatic heterocycles. The minimum absolute atomic E-state index is 0.660. The van der Waals surface area contributed by atoms with Crippen LogP contribution in [-0.4, -0.2) is 34.4 Å². The van der Waals surface area contributed by atoms with E-state index in [0.29, 0.717) is 11.5 Å². The zero-order valence-electron chi connectivity index (χ0n) is 11.7. The fourth-order valence-electron chi connectivity index (χ4n) is 1.88. The molecule has 0 aliphatic rings. The van der Waals surface area contributed by atoms with Crippen molar-refractivity contribution in [3.63, 3.8) is 0 Å². The molecule has 0 atom stereocenters. The highest BCUT2D eigenvalue weighted by Crippen LogP contribution is 2.39. The van der Waals surface area contributed by atoms with Gasteiger partial charge in [0, 0.05) is 0 Å². The molecule has 0 radical (unpaired) electrons. The van der Waals surface area contributed by atoms with Crippen LogP contribution in [0.15, 0.2) is 12.1 Å². The van der Waals surface area contributed by atoms with Gasteiger partial charge in [-0.25, -0.2) is 0 Å². The summed E-state index contributed by atoms with van der Waals surface area (Å²) in [5.41, 5.74) is 1.12. The monoisotopic (exact) mass is 253 g/mol. The standard InChI is InChI=1S/C14H23NO3/c1-5-9-15-10-8-11-6-7-12(16-2)14(18-4)13(11)17-3/h6-7,15H,5,8-10H2,1-4H3. The SMILES string of the molecule is CCCNCCc1ccc(OC)c(OC)c1OC. The van der Waals surface area contributed by atoms with Crippen LogP contribution in [0.25, 0.3) is 0 Å². The summed E-state index contributed by atoms with van der Waals surface area (Å²) in [5, 5.41) is 3.37. The Morgan fingerprint density at radius 1 is 0.944 bits per heavy atom. The largest absolute Gasteiger partial charge is 0.493 e. The Morgan fingerprint density at radius 2 is 1.67 bits per heavy atom. The van der Waals surface area contributed by atoms with E-state index in [2.05, 4.69) is 12.2 Å². The van der Waals surface area contributed by atoms with Gasteiger partial charge in [0.2, 0.25) is 5.75 Å². The van der Waals surface area contributed by atoms with Gasteiger partial charge >= 0.3 is 0 Å². The van der Waals surface area contributed by atoms with Crippen LogP contribution in [0.1, 0.15) is 18.9 Å². The maximum Gasteiger partial charge on any atom is 0.203 e. The molecule has 0 heterocycles. The van der Waals surface area contributed by atoms with Crippen molar-refractivity contribution in [3.8, 4) is 17.2 Å².